The summed E-state index contributed by atoms with van der Waals surface area (Å²) in [6.07, 6.45) is -3.86. The number of ether oxygens (including phenoxy) is 1. The Morgan fingerprint density at radius 3 is 2.79 bits per heavy atom. The highest BCUT2D eigenvalue weighted by molar-refractivity contribution is 6.01. The van der Waals surface area contributed by atoms with Crippen LogP contribution < -0.4 is 15.4 Å². The van der Waals surface area contributed by atoms with Crippen LogP contribution in [0, 0.1) is 0 Å². The molecule has 0 saturated heterocycles. The van der Waals surface area contributed by atoms with Crippen LogP contribution >= 0.6 is 0 Å². The maximum Gasteiger partial charge on any atom is 0.417 e. The Morgan fingerprint density at radius 1 is 1.21 bits per heavy atom. The Bertz CT molecular complexity index is 1080. The van der Waals surface area contributed by atoms with Gasteiger partial charge in [-0.2, -0.15) is 13.2 Å². The Morgan fingerprint density at radius 2 is 2.00 bits per heavy atom. The van der Waals surface area contributed by atoms with Crippen molar-refractivity contribution in [2.75, 3.05) is 11.9 Å². The van der Waals surface area contributed by atoms with Crippen molar-refractivity contribution in [1.29, 1.82) is 0 Å². The van der Waals surface area contributed by atoms with E-state index in [9.17, 15) is 22.8 Å². The number of carbonyl (C=O) groups is 2. The smallest absolute Gasteiger partial charge is 0.417 e. The van der Waals surface area contributed by atoms with E-state index in [0.717, 1.165) is 22.7 Å². The second kappa shape index (κ2) is 6.51. The van der Waals surface area contributed by atoms with Crippen molar-refractivity contribution in [2.24, 2.45) is 0 Å². The topological polar surface area (TPSA) is 97.6 Å². The number of alkyl halides is 3. The van der Waals surface area contributed by atoms with Crippen LogP contribution in [0.15, 0.2) is 42.6 Å². The van der Waals surface area contributed by atoms with E-state index in [2.05, 4.69) is 20.8 Å². The lowest BCUT2D eigenvalue weighted by atomic mass is 10.2. The summed E-state index contributed by atoms with van der Waals surface area (Å²) in [5.74, 6) is -1.32. The fraction of sp³-hybridized carbons (Fsp3) is 0.176. The molecule has 11 heteroatoms. The molecule has 1 aliphatic heterocycles. The fourth-order valence-electron chi connectivity index (χ4n) is 2.71. The van der Waals surface area contributed by atoms with Gasteiger partial charge >= 0.3 is 6.18 Å². The molecule has 3 aromatic rings. The van der Waals surface area contributed by atoms with Crippen LogP contribution in [0.25, 0.3) is 5.65 Å². The number of pyridine rings is 1. The number of carbonyl (C=O) groups excluding carboxylic acids is 2. The first-order chi connectivity index (χ1) is 13.3. The second-order valence-electron chi connectivity index (χ2n) is 5.99. The van der Waals surface area contributed by atoms with Gasteiger partial charge < -0.3 is 15.4 Å². The number of nitrogens with zero attached hydrogens (tertiary/aromatic N) is 3. The third kappa shape index (κ3) is 3.21. The number of para-hydroxylation sites is 2. The molecule has 28 heavy (non-hydrogen) atoms. The van der Waals surface area contributed by atoms with Gasteiger partial charge in [-0.05, 0) is 24.3 Å². The lowest BCUT2D eigenvalue weighted by molar-refractivity contribution is -0.137. The minimum Gasteiger partial charge on any atom is -0.489 e. The molecule has 0 unspecified atom stereocenters. The predicted molar refractivity (Wildman–Crippen MR) is 89.8 cm³/mol. The van der Waals surface area contributed by atoms with E-state index in [1.165, 1.54) is 0 Å². The molecular weight excluding hydrogens is 379 g/mol. The van der Waals surface area contributed by atoms with Gasteiger partial charge in [-0.3, -0.25) is 14.0 Å². The van der Waals surface area contributed by atoms with Crippen molar-refractivity contribution < 1.29 is 27.5 Å². The van der Waals surface area contributed by atoms with Gasteiger partial charge in [0, 0.05) is 6.20 Å². The molecule has 0 radical (unpaired) electrons. The molecule has 2 amide bonds. The average molecular weight is 391 g/mol. The number of nitrogens with one attached hydrogen (secondary N) is 2. The lowest BCUT2D eigenvalue weighted by Crippen LogP contribution is -2.46. The number of anilines is 1. The van der Waals surface area contributed by atoms with Gasteiger partial charge in [0.05, 0.1) is 11.3 Å². The molecule has 3 heterocycles. The normalized spacial score (nSPS) is 16.7. The number of rotatable bonds is 2. The molecule has 1 aromatic carbocycles. The summed E-state index contributed by atoms with van der Waals surface area (Å²) in [5, 5.41) is 12.3. The lowest BCUT2D eigenvalue weighted by Gasteiger charge is -2.14. The molecule has 0 aliphatic carbocycles. The Labute approximate surface area is 155 Å². The monoisotopic (exact) mass is 391 g/mol. The van der Waals surface area contributed by atoms with E-state index in [1.807, 2.05) is 0 Å². The molecule has 0 fully saturated rings. The third-order valence-corrected chi connectivity index (χ3v) is 4.10. The van der Waals surface area contributed by atoms with Gasteiger partial charge in [-0.1, -0.05) is 12.1 Å². The minimum atomic E-state index is -4.59. The zero-order chi connectivity index (χ0) is 19.9. The molecule has 8 nitrogen and oxygen atoms in total. The fourth-order valence-corrected chi connectivity index (χ4v) is 2.71. The summed E-state index contributed by atoms with van der Waals surface area (Å²) in [6.45, 7) is -0.154. The van der Waals surface area contributed by atoms with Crippen LogP contribution in [0.4, 0.5) is 18.9 Å². The van der Waals surface area contributed by atoms with Gasteiger partial charge in [-0.25, -0.2) is 0 Å². The molecular formula is C17H12F3N5O3. The van der Waals surface area contributed by atoms with Crippen LogP contribution in [0.5, 0.6) is 5.75 Å². The number of halogens is 3. The van der Waals surface area contributed by atoms with Gasteiger partial charge in [0.15, 0.2) is 5.65 Å². The molecule has 2 aromatic heterocycles. The molecule has 4 rings (SSSR count). The van der Waals surface area contributed by atoms with E-state index in [0.29, 0.717) is 11.4 Å². The second-order valence-corrected chi connectivity index (χ2v) is 5.99. The van der Waals surface area contributed by atoms with Gasteiger partial charge in [0.1, 0.15) is 18.4 Å². The van der Waals surface area contributed by atoms with Crippen molar-refractivity contribution in [2.45, 2.75) is 12.2 Å². The summed E-state index contributed by atoms with van der Waals surface area (Å²) in [6, 6.07) is 7.61. The summed E-state index contributed by atoms with van der Waals surface area (Å²) in [4.78, 5) is 24.9. The largest absolute Gasteiger partial charge is 0.489 e. The SMILES string of the molecule is O=C(N[C@H]1COc2ccccc2NC1=O)c1nnc2ccc(C(F)(F)F)cn12. The maximum atomic E-state index is 12.9. The van der Waals surface area contributed by atoms with Crippen LogP contribution in [0.2, 0.25) is 0 Å². The first kappa shape index (κ1) is 17.8. The van der Waals surface area contributed by atoms with E-state index < -0.39 is 29.6 Å². The quantitative estimate of drug-likeness (QED) is 0.695. The zero-order valence-corrected chi connectivity index (χ0v) is 14.0. The van der Waals surface area contributed by atoms with Crippen molar-refractivity contribution in [3.05, 3.63) is 54.0 Å². The highest BCUT2D eigenvalue weighted by Gasteiger charge is 2.32. The Balaban J connectivity index is 1.58. The molecule has 1 atom stereocenters. The number of hydrogen-bond acceptors (Lipinski definition) is 5. The summed E-state index contributed by atoms with van der Waals surface area (Å²) >= 11 is 0. The first-order valence-electron chi connectivity index (χ1n) is 8.08. The van der Waals surface area contributed by atoms with E-state index in [-0.39, 0.29) is 18.1 Å². The number of amides is 2. The van der Waals surface area contributed by atoms with Crippen molar-refractivity contribution in [3.63, 3.8) is 0 Å². The molecule has 0 spiro atoms. The number of fused-ring (bicyclic) bond motifs is 2. The highest BCUT2D eigenvalue weighted by atomic mass is 19.4. The number of aromatic nitrogens is 3. The summed E-state index contributed by atoms with van der Waals surface area (Å²) < 4.78 is 45.2. The minimum absolute atomic E-state index is 0.0622. The van der Waals surface area contributed by atoms with Gasteiger partial charge in [0.2, 0.25) is 5.82 Å². The van der Waals surface area contributed by atoms with Crippen LogP contribution in [0.3, 0.4) is 0 Å². The molecule has 0 bridgehead atoms. The van der Waals surface area contributed by atoms with Crippen molar-refractivity contribution in [3.8, 4) is 5.75 Å². The highest BCUT2D eigenvalue weighted by Crippen LogP contribution is 2.29. The van der Waals surface area contributed by atoms with Gasteiger partial charge in [0.25, 0.3) is 11.8 Å². The average Bonchev–Trinajstić information content (AvgIpc) is 3.01. The predicted octanol–water partition coefficient (Wildman–Crippen LogP) is 1.88. The van der Waals surface area contributed by atoms with Gasteiger partial charge in [-0.15, -0.1) is 10.2 Å². The van der Waals surface area contributed by atoms with E-state index in [1.54, 1.807) is 24.3 Å². The molecule has 0 saturated carbocycles. The molecule has 1 aliphatic rings. The van der Waals surface area contributed by atoms with Crippen molar-refractivity contribution >= 4 is 23.1 Å². The van der Waals surface area contributed by atoms with Crippen LogP contribution in [-0.2, 0) is 11.0 Å². The molecule has 2 N–H and O–H groups in total. The number of hydrogen-bond donors (Lipinski definition) is 2. The Kier molecular flexibility index (Phi) is 4.13. The summed E-state index contributed by atoms with van der Waals surface area (Å²) in [5.41, 5.74) is -0.445. The first-order valence-corrected chi connectivity index (χ1v) is 8.08. The van der Waals surface area contributed by atoms with E-state index in [4.69, 9.17) is 4.74 Å². The Hall–Kier alpha value is -3.63. The van der Waals surface area contributed by atoms with Crippen LogP contribution in [0.1, 0.15) is 16.2 Å². The van der Waals surface area contributed by atoms with Crippen molar-refractivity contribution in [1.82, 2.24) is 19.9 Å². The van der Waals surface area contributed by atoms with Crippen LogP contribution in [-0.4, -0.2) is 39.1 Å². The maximum absolute atomic E-state index is 12.9. The third-order valence-electron chi connectivity index (χ3n) is 4.10. The number of benzene rings is 1. The molecule has 144 valence electrons. The standard InChI is InChI=1S/C17H12F3N5O3/c18-17(19,20)9-5-6-13-23-24-14(25(13)7-9)16(27)22-11-8-28-12-4-2-1-3-10(12)21-15(11)26/h1-7,11H,8H2,(H,21,26)(H,22,27)/t11-/m0/s1. The zero-order valence-electron chi connectivity index (χ0n) is 14.0. The summed E-state index contributed by atoms with van der Waals surface area (Å²) in [7, 11) is 0. The van der Waals surface area contributed by atoms with E-state index >= 15 is 0 Å².